The molecule has 0 saturated carbocycles. The van der Waals surface area contributed by atoms with Gasteiger partial charge in [-0.15, -0.1) is 0 Å². The topological polar surface area (TPSA) is 12.0 Å². The Bertz CT molecular complexity index is 164. The van der Waals surface area contributed by atoms with E-state index in [1.165, 1.54) is 48.8 Å². The quantitative estimate of drug-likeness (QED) is 0.613. The van der Waals surface area contributed by atoms with E-state index in [0.29, 0.717) is 10.6 Å². The van der Waals surface area contributed by atoms with Crippen LogP contribution in [0.1, 0.15) is 73.1 Å². The molecule has 16 heavy (non-hydrogen) atoms. The van der Waals surface area contributed by atoms with Crippen molar-refractivity contribution in [2.75, 3.05) is 6.54 Å². The van der Waals surface area contributed by atoms with Crippen molar-refractivity contribution >= 4 is 10.2 Å². The molecule has 0 aliphatic heterocycles. The zero-order chi connectivity index (χ0) is 12.7. The molecule has 2 heteroatoms. The Morgan fingerprint density at radius 2 is 1.38 bits per heavy atom. The van der Waals surface area contributed by atoms with Crippen molar-refractivity contribution < 1.29 is 0 Å². The van der Waals surface area contributed by atoms with E-state index in [2.05, 4.69) is 39.9 Å². The van der Waals surface area contributed by atoms with E-state index in [0.717, 1.165) is 6.54 Å². The van der Waals surface area contributed by atoms with E-state index in [1.54, 1.807) is 0 Å². The minimum atomic E-state index is 0.403. The van der Waals surface area contributed by atoms with Crippen LogP contribution in [-0.2, 0) is 0 Å². The van der Waals surface area contributed by atoms with Gasteiger partial charge in [-0.25, -0.2) is 0 Å². The van der Waals surface area contributed by atoms with Gasteiger partial charge in [-0.05, 0) is 24.4 Å². The second-order valence-corrected chi connectivity index (χ2v) is 8.57. The number of nitrogens with one attached hydrogen (secondary N) is 1. The Morgan fingerprint density at radius 3 is 1.62 bits per heavy atom. The van der Waals surface area contributed by atoms with Crippen LogP contribution in [0.3, 0.4) is 0 Å². The molecule has 98 valence electrons. The molecule has 0 aromatic rings. The zero-order valence-electron chi connectivity index (χ0n) is 12.4. The molecule has 0 bridgehead atoms. The summed E-state index contributed by atoms with van der Waals surface area (Å²) in [4.78, 5) is 0. The fraction of sp³-hybridized carbons (Fsp3) is 1.00. The Hall–Kier alpha value is 0.177. The standard InChI is InChI=1S/C14H33NSi/c1-6-9-11-14(15-8-3,12-10-7-2)13(4,5)16/h15H,6-12H2,1-5,16H3. The van der Waals surface area contributed by atoms with E-state index < -0.39 is 0 Å². The first-order valence-electron chi connectivity index (χ1n) is 7.18. The summed E-state index contributed by atoms with van der Waals surface area (Å²) in [6.45, 7) is 12.9. The lowest BCUT2D eigenvalue weighted by Crippen LogP contribution is -2.53. The molecule has 1 N–H and O–H groups in total. The van der Waals surface area contributed by atoms with Gasteiger partial charge in [0.15, 0.2) is 0 Å². The molecule has 1 nitrogen and oxygen atoms in total. The lowest BCUT2D eigenvalue weighted by Gasteiger charge is -2.46. The average Bonchev–Trinajstić information content (AvgIpc) is 2.20. The van der Waals surface area contributed by atoms with Crippen LogP contribution < -0.4 is 5.32 Å². The van der Waals surface area contributed by atoms with Gasteiger partial charge < -0.3 is 5.32 Å². The highest BCUT2D eigenvalue weighted by Crippen LogP contribution is 2.42. The first-order chi connectivity index (χ1) is 7.43. The summed E-state index contributed by atoms with van der Waals surface area (Å²) in [5, 5.41) is 4.33. The highest BCUT2D eigenvalue weighted by atomic mass is 28.1. The molecule has 0 aromatic carbocycles. The first-order valence-corrected chi connectivity index (χ1v) is 8.18. The molecule has 0 heterocycles. The van der Waals surface area contributed by atoms with Gasteiger partial charge in [0.05, 0.1) is 0 Å². The van der Waals surface area contributed by atoms with Crippen molar-refractivity contribution in [1.29, 1.82) is 0 Å². The van der Waals surface area contributed by atoms with Gasteiger partial charge in [0.25, 0.3) is 0 Å². The molecular formula is C14H33NSi. The van der Waals surface area contributed by atoms with Gasteiger partial charge in [0.2, 0.25) is 0 Å². The van der Waals surface area contributed by atoms with Gasteiger partial charge in [0.1, 0.15) is 0 Å². The highest BCUT2D eigenvalue weighted by Gasteiger charge is 2.39. The summed E-state index contributed by atoms with van der Waals surface area (Å²) in [6.07, 6.45) is 8.07. The molecule has 0 atom stereocenters. The van der Waals surface area contributed by atoms with Crippen LogP contribution >= 0.6 is 0 Å². The number of unbranched alkanes of at least 4 members (excludes halogenated alkanes) is 2. The predicted octanol–water partition coefficient (Wildman–Crippen LogP) is 3.28. The Kier molecular flexibility index (Phi) is 7.58. The molecule has 0 amide bonds. The summed E-state index contributed by atoms with van der Waals surface area (Å²) >= 11 is 0. The van der Waals surface area contributed by atoms with Crippen LogP contribution in [0.5, 0.6) is 0 Å². The third-order valence-corrected chi connectivity index (χ3v) is 4.82. The predicted molar refractivity (Wildman–Crippen MR) is 79.4 cm³/mol. The van der Waals surface area contributed by atoms with Crippen LogP contribution in [0.4, 0.5) is 0 Å². The van der Waals surface area contributed by atoms with E-state index in [4.69, 9.17) is 0 Å². The lowest BCUT2D eigenvalue weighted by atomic mass is 9.77. The van der Waals surface area contributed by atoms with E-state index in [-0.39, 0.29) is 0 Å². The molecule has 0 aliphatic carbocycles. The van der Waals surface area contributed by atoms with Gasteiger partial charge in [0, 0.05) is 15.8 Å². The maximum atomic E-state index is 3.84. The summed E-state index contributed by atoms with van der Waals surface area (Å²) in [5.41, 5.74) is 0.403. The fourth-order valence-electron chi connectivity index (χ4n) is 2.61. The molecule has 0 saturated heterocycles. The maximum absolute atomic E-state index is 3.84. The molecule has 0 fully saturated rings. The zero-order valence-corrected chi connectivity index (χ0v) is 14.4. The minimum absolute atomic E-state index is 0.403. The second-order valence-electron chi connectivity index (χ2n) is 6.07. The van der Waals surface area contributed by atoms with Crippen LogP contribution in [0.2, 0.25) is 5.04 Å². The molecule has 0 aliphatic rings. The van der Waals surface area contributed by atoms with Gasteiger partial charge in [-0.2, -0.15) is 0 Å². The first kappa shape index (κ1) is 16.2. The monoisotopic (exact) mass is 243 g/mol. The Morgan fingerprint density at radius 1 is 0.938 bits per heavy atom. The molecule has 0 rings (SSSR count). The third-order valence-electron chi connectivity index (χ3n) is 3.87. The SMILES string of the molecule is CCCCC(CCCC)(NCC)C(C)(C)[SiH3]. The lowest BCUT2D eigenvalue weighted by molar-refractivity contribution is 0.208. The van der Waals surface area contributed by atoms with Crippen molar-refractivity contribution in [3.63, 3.8) is 0 Å². The molecule has 0 spiro atoms. The number of hydrogen-bond acceptors (Lipinski definition) is 1. The normalized spacial score (nSPS) is 13.3. The smallest absolute Gasteiger partial charge is 0.0199 e. The molecule has 0 unspecified atom stereocenters. The van der Waals surface area contributed by atoms with Crippen molar-refractivity contribution in [3.05, 3.63) is 0 Å². The van der Waals surface area contributed by atoms with E-state index in [1.807, 2.05) is 0 Å². The summed E-state index contributed by atoms with van der Waals surface area (Å²) in [6, 6.07) is 0. The van der Waals surface area contributed by atoms with Gasteiger partial charge in [-0.3, -0.25) is 0 Å². The van der Waals surface area contributed by atoms with Crippen LogP contribution in [-0.4, -0.2) is 22.3 Å². The molecular weight excluding hydrogens is 210 g/mol. The van der Waals surface area contributed by atoms with Gasteiger partial charge in [-0.1, -0.05) is 60.3 Å². The van der Waals surface area contributed by atoms with Crippen LogP contribution in [0.25, 0.3) is 0 Å². The van der Waals surface area contributed by atoms with Gasteiger partial charge >= 0.3 is 0 Å². The second kappa shape index (κ2) is 7.49. The largest absolute Gasteiger partial charge is 0.311 e. The number of rotatable bonds is 9. The maximum Gasteiger partial charge on any atom is 0.0199 e. The number of hydrogen-bond donors (Lipinski definition) is 1. The van der Waals surface area contributed by atoms with Crippen molar-refractivity contribution in [3.8, 4) is 0 Å². The van der Waals surface area contributed by atoms with Crippen LogP contribution in [0, 0.1) is 0 Å². The van der Waals surface area contributed by atoms with E-state index in [9.17, 15) is 0 Å². The Balaban J connectivity index is 4.74. The Labute approximate surface area is 106 Å². The fourth-order valence-corrected chi connectivity index (χ4v) is 3.29. The van der Waals surface area contributed by atoms with Crippen LogP contribution in [0.15, 0.2) is 0 Å². The average molecular weight is 244 g/mol. The highest BCUT2D eigenvalue weighted by molar-refractivity contribution is 6.15. The molecule has 0 radical (unpaired) electrons. The van der Waals surface area contributed by atoms with Crippen molar-refractivity contribution in [2.24, 2.45) is 0 Å². The third kappa shape index (κ3) is 4.58. The van der Waals surface area contributed by atoms with Crippen molar-refractivity contribution in [1.82, 2.24) is 5.32 Å². The summed E-state index contributed by atoms with van der Waals surface area (Å²) in [7, 11) is 1.27. The summed E-state index contributed by atoms with van der Waals surface area (Å²) < 4.78 is 0. The van der Waals surface area contributed by atoms with Crippen molar-refractivity contribution in [2.45, 2.75) is 83.7 Å². The van der Waals surface area contributed by atoms with E-state index >= 15 is 0 Å². The minimum Gasteiger partial charge on any atom is -0.311 e. The molecule has 0 aromatic heterocycles. The summed E-state index contributed by atoms with van der Waals surface area (Å²) in [5.74, 6) is 0.